The fourth-order valence-electron chi connectivity index (χ4n) is 4.11. The van der Waals surface area contributed by atoms with Crippen LogP contribution in [0.15, 0.2) is 90.9 Å². The number of aromatic nitrogens is 1. The molecule has 0 radical (unpaired) electrons. The van der Waals surface area contributed by atoms with Crippen molar-refractivity contribution >= 4 is 35.9 Å². The zero-order chi connectivity index (χ0) is 23.5. The van der Waals surface area contributed by atoms with Crippen LogP contribution >= 0.6 is 12.4 Å². The summed E-state index contributed by atoms with van der Waals surface area (Å²) in [4.78, 5) is 44.7. The molecule has 0 saturated carbocycles. The smallest absolute Gasteiger partial charge is 0.414 e. The van der Waals surface area contributed by atoms with Gasteiger partial charge in [-0.05, 0) is 35.4 Å². The fourth-order valence-corrected chi connectivity index (χ4v) is 4.11. The number of nitrogens with zero attached hydrogens (tertiary/aromatic N) is 2. The number of cyclic esters (lactones) is 1. The molecule has 1 N–H and O–H groups in total. The predicted molar refractivity (Wildman–Crippen MR) is 129 cm³/mol. The summed E-state index contributed by atoms with van der Waals surface area (Å²) in [7, 11) is 0. The van der Waals surface area contributed by atoms with Gasteiger partial charge >= 0.3 is 12.1 Å². The van der Waals surface area contributed by atoms with Crippen LogP contribution in [0.1, 0.15) is 17.2 Å². The van der Waals surface area contributed by atoms with Gasteiger partial charge in [0.05, 0.1) is 23.2 Å². The first-order valence-electron chi connectivity index (χ1n) is 10.8. The Labute approximate surface area is 208 Å². The lowest BCUT2D eigenvalue weighted by molar-refractivity contribution is -0.130. The van der Waals surface area contributed by atoms with Crippen molar-refractivity contribution in [3.63, 3.8) is 0 Å². The fraction of sp³-hybridized carbons (Fsp3) is 0.154. The van der Waals surface area contributed by atoms with Crippen LogP contribution in [0, 0.1) is 5.92 Å². The van der Waals surface area contributed by atoms with Gasteiger partial charge in [0.1, 0.15) is 12.4 Å². The van der Waals surface area contributed by atoms with E-state index in [2.05, 4.69) is 10.3 Å². The van der Waals surface area contributed by atoms with Crippen LogP contribution < -0.4 is 10.1 Å². The molecule has 2 aliphatic heterocycles. The van der Waals surface area contributed by atoms with Crippen molar-refractivity contribution in [2.24, 2.45) is 5.92 Å². The van der Waals surface area contributed by atoms with Crippen LogP contribution in [0.2, 0.25) is 0 Å². The molecular weight excluding hydrogens is 470 g/mol. The number of pyridine rings is 1. The van der Waals surface area contributed by atoms with Gasteiger partial charge < -0.3 is 14.8 Å². The van der Waals surface area contributed by atoms with E-state index < -0.39 is 24.0 Å². The van der Waals surface area contributed by atoms with Crippen molar-refractivity contribution in [2.75, 3.05) is 13.2 Å². The van der Waals surface area contributed by atoms with Gasteiger partial charge in [-0.3, -0.25) is 14.7 Å². The minimum absolute atomic E-state index is 0. The zero-order valence-corrected chi connectivity index (χ0v) is 19.3. The number of nitrogens with one attached hydrogen (secondary N) is 1. The number of hydrogen-bond acceptors (Lipinski definition) is 6. The van der Waals surface area contributed by atoms with Crippen LogP contribution in [-0.2, 0) is 14.3 Å². The number of carbonyl (C=O) groups is 3. The number of esters is 1. The van der Waals surface area contributed by atoms with Crippen LogP contribution in [0.3, 0.4) is 0 Å². The van der Waals surface area contributed by atoms with Crippen LogP contribution in [-0.4, -0.2) is 41.0 Å². The molecule has 35 heavy (non-hydrogen) atoms. The number of halogens is 1. The Bertz CT molecular complexity index is 1250. The Morgan fingerprint density at radius 3 is 2.23 bits per heavy atom. The maximum atomic E-state index is 13.6. The number of benzene rings is 2. The molecule has 0 spiro atoms. The zero-order valence-electron chi connectivity index (χ0n) is 18.5. The molecule has 0 unspecified atom stereocenters. The maximum Gasteiger partial charge on any atom is 0.414 e. The van der Waals surface area contributed by atoms with E-state index in [9.17, 15) is 14.4 Å². The van der Waals surface area contributed by atoms with Crippen LogP contribution in [0.4, 0.5) is 4.79 Å². The molecule has 2 aliphatic rings. The third-order valence-electron chi connectivity index (χ3n) is 5.83. The van der Waals surface area contributed by atoms with Crippen LogP contribution in [0.25, 0.3) is 5.57 Å². The molecule has 9 heteroatoms. The van der Waals surface area contributed by atoms with Crippen molar-refractivity contribution in [1.29, 1.82) is 0 Å². The molecule has 178 valence electrons. The Hall–Kier alpha value is -4.17. The normalized spacial score (nSPS) is 19.5. The number of β-lactam (4-membered cyclic amide) rings is 1. The number of carbonyl (C=O) groups excluding carboxylic acids is 3. The lowest BCUT2D eigenvalue weighted by atomic mass is 9.89. The number of ether oxygens (including phenoxy) is 2. The molecule has 2 atom stereocenters. The predicted octanol–water partition coefficient (Wildman–Crippen LogP) is 3.76. The van der Waals surface area contributed by atoms with Gasteiger partial charge in [0, 0.05) is 18.9 Å². The van der Waals surface area contributed by atoms with E-state index in [0.29, 0.717) is 11.3 Å². The van der Waals surface area contributed by atoms with Crippen molar-refractivity contribution < 1.29 is 23.9 Å². The Morgan fingerprint density at radius 2 is 1.63 bits per heavy atom. The minimum atomic E-state index is -0.719. The summed E-state index contributed by atoms with van der Waals surface area (Å²) >= 11 is 0. The molecule has 1 aromatic heterocycles. The van der Waals surface area contributed by atoms with Crippen molar-refractivity contribution in [1.82, 2.24) is 15.2 Å². The highest BCUT2D eigenvalue weighted by atomic mass is 35.5. The third kappa shape index (κ3) is 4.74. The van der Waals surface area contributed by atoms with E-state index in [4.69, 9.17) is 9.47 Å². The highest BCUT2D eigenvalue weighted by Gasteiger charge is 2.46. The van der Waals surface area contributed by atoms with E-state index in [1.54, 1.807) is 48.8 Å². The Morgan fingerprint density at radius 1 is 0.971 bits per heavy atom. The number of amides is 2. The molecule has 2 saturated heterocycles. The van der Waals surface area contributed by atoms with Gasteiger partial charge in [-0.2, -0.15) is 0 Å². The molecule has 0 aliphatic carbocycles. The van der Waals surface area contributed by atoms with Crippen molar-refractivity contribution in [3.8, 4) is 5.75 Å². The SMILES string of the molecule is Cl.O=C(Oc1ccccc1)C(=C([C@H]1CNC1=O)N1C(=O)OC[C@@H]1c1ccccc1)c1ccncc1. The summed E-state index contributed by atoms with van der Waals surface area (Å²) in [6.07, 6.45) is 2.46. The average Bonchev–Trinajstić information content (AvgIpc) is 3.25. The van der Waals surface area contributed by atoms with Gasteiger partial charge in [-0.1, -0.05) is 48.5 Å². The summed E-state index contributed by atoms with van der Waals surface area (Å²) in [5.41, 5.74) is 1.69. The maximum absolute atomic E-state index is 13.6. The summed E-state index contributed by atoms with van der Waals surface area (Å²) in [5, 5.41) is 2.71. The molecule has 2 fully saturated rings. The molecule has 3 heterocycles. The molecule has 5 rings (SSSR count). The third-order valence-corrected chi connectivity index (χ3v) is 5.83. The minimum Gasteiger partial charge on any atom is -0.447 e. The van der Waals surface area contributed by atoms with Gasteiger partial charge in [0.2, 0.25) is 5.91 Å². The first kappa shape index (κ1) is 24.0. The lowest BCUT2D eigenvalue weighted by Crippen LogP contribution is -2.53. The summed E-state index contributed by atoms with van der Waals surface area (Å²) < 4.78 is 11.1. The Kier molecular flexibility index (Phi) is 7.12. The van der Waals surface area contributed by atoms with Gasteiger partial charge in [-0.25, -0.2) is 9.59 Å². The second kappa shape index (κ2) is 10.4. The number of hydrogen-bond donors (Lipinski definition) is 1. The monoisotopic (exact) mass is 491 g/mol. The second-order valence-corrected chi connectivity index (χ2v) is 7.87. The molecule has 0 bridgehead atoms. The average molecular weight is 492 g/mol. The summed E-state index contributed by atoms with van der Waals surface area (Å²) in [6.45, 7) is 0.380. The lowest BCUT2D eigenvalue weighted by Gasteiger charge is -2.36. The Balaban J connectivity index is 0.00000289. The quantitative estimate of drug-likeness (QED) is 0.244. The second-order valence-electron chi connectivity index (χ2n) is 7.87. The standard InChI is InChI=1S/C26H21N3O5.ClH/c30-24-20(15-28-24)23(29-21(16-33-26(29)32)17-7-3-1-4-8-17)22(18-11-13-27-14-12-18)25(31)34-19-9-5-2-6-10-19;/h1-14,20-21H,15-16H2,(H,28,30);1H/t20-,21-;/m1./s1. The first-order chi connectivity index (χ1) is 16.6. The van der Waals surface area contributed by atoms with Gasteiger partial charge in [0.15, 0.2) is 0 Å². The first-order valence-corrected chi connectivity index (χ1v) is 10.8. The highest BCUT2D eigenvalue weighted by molar-refractivity contribution is 6.19. The molecule has 2 amide bonds. The van der Waals surface area contributed by atoms with Gasteiger partial charge in [0.25, 0.3) is 0 Å². The highest BCUT2D eigenvalue weighted by Crippen LogP contribution is 2.39. The molecular formula is C26H22ClN3O5. The number of para-hydroxylation sites is 1. The topological polar surface area (TPSA) is 97.8 Å². The van der Waals surface area contributed by atoms with Crippen molar-refractivity contribution in [3.05, 3.63) is 102 Å². The molecule has 8 nitrogen and oxygen atoms in total. The summed E-state index contributed by atoms with van der Waals surface area (Å²) in [5.74, 6) is -1.33. The van der Waals surface area contributed by atoms with Gasteiger partial charge in [-0.15, -0.1) is 12.4 Å². The van der Waals surface area contributed by atoms with E-state index >= 15 is 0 Å². The molecule has 3 aromatic rings. The van der Waals surface area contributed by atoms with Crippen molar-refractivity contribution in [2.45, 2.75) is 6.04 Å². The summed E-state index contributed by atoms with van der Waals surface area (Å²) in [6, 6.07) is 20.8. The van der Waals surface area contributed by atoms with E-state index in [-0.39, 0.29) is 42.7 Å². The number of rotatable bonds is 6. The van der Waals surface area contributed by atoms with E-state index in [1.807, 2.05) is 36.4 Å². The van der Waals surface area contributed by atoms with Crippen LogP contribution in [0.5, 0.6) is 5.75 Å². The van der Waals surface area contributed by atoms with E-state index in [1.165, 1.54) is 4.90 Å². The van der Waals surface area contributed by atoms with E-state index in [0.717, 1.165) is 5.56 Å². The molecule has 2 aromatic carbocycles. The largest absolute Gasteiger partial charge is 0.447 e.